The second-order valence-electron chi connectivity index (χ2n) is 6.66. The lowest BCUT2D eigenvalue weighted by Crippen LogP contribution is -2.21. The van der Waals surface area contributed by atoms with E-state index in [2.05, 4.69) is 0 Å². The number of benzene rings is 3. The summed E-state index contributed by atoms with van der Waals surface area (Å²) < 4.78 is 23.1. The van der Waals surface area contributed by atoms with Gasteiger partial charge in [-0.25, -0.2) is 0 Å². The van der Waals surface area contributed by atoms with E-state index in [0.29, 0.717) is 11.1 Å². The molecular formula is C20H21O6P3. The first-order valence-electron chi connectivity index (χ1n) is 8.73. The summed E-state index contributed by atoms with van der Waals surface area (Å²) in [6.07, 6.45) is -0.969. The first kappa shape index (κ1) is 22.1. The number of hydrogen-bond donors (Lipinski definition) is 4. The topological polar surface area (TPSA) is 115 Å². The molecule has 3 rings (SSSR count). The van der Waals surface area contributed by atoms with E-state index < -0.39 is 35.4 Å². The van der Waals surface area contributed by atoms with Gasteiger partial charge in [0.2, 0.25) is 0 Å². The van der Waals surface area contributed by atoms with Crippen LogP contribution in [0.1, 0.15) is 11.1 Å². The Morgan fingerprint density at radius 1 is 0.586 bits per heavy atom. The molecular weight excluding hydrogens is 429 g/mol. The van der Waals surface area contributed by atoms with E-state index in [9.17, 15) is 28.7 Å². The molecule has 0 aliphatic rings. The fourth-order valence-electron chi connectivity index (χ4n) is 3.13. The molecule has 6 nitrogen and oxygen atoms in total. The maximum atomic E-state index is 11.6. The van der Waals surface area contributed by atoms with Gasteiger partial charge < -0.3 is 19.6 Å². The van der Waals surface area contributed by atoms with Crippen LogP contribution in [0.25, 0.3) is 0 Å². The molecule has 0 spiro atoms. The van der Waals surface area contributed by atoms with Gasteiger partial charge in [-0.05, 0) is 47.1 Å². The number of hydrogen-bond acceptors (Lipinski definition) is 2. The van der Waals surface area contributed by atoms with Gasteiger partial charge in [-0.2, -0.15) is 0 Å². The van der Waals surface area contributed by atoms with Crippen molar-refractivity contribution in [2.45, 2.75) is 12.3 Å². The maximum Gasteiger partial charge on any atom is 0.329 e. The first-order chi connectivity index (χ1) is 13.6. The van der Waals surface area contributed by atoms with Crippen LogP contribution in [0, 0.1) is 0 Å². The Bertz CT molecular complexity index is 978. The standard InChI is InChI=1S/C20H21O6P3/c21-28(22,23)14-16-11-17(15-29(24,25)26)13-20(12-16)27(18-7-3-1-4-8-18)19-9-5-2-6-10-19/h1-13H,14-15H2,(H2,21,22,23)(H2,24,25,26). The molecule has 0 atom stereocenters. The van der Waals surface area contributed by atoms with Crippen molar-refractivity contribution in [3.63, 3.8) is 0 Å². The summed E-state index contributed by atoms with van der Waals surface area (Å²) in [7, 11) is -9.75. The molecule has 4 N–H and O–H groups in total. The van der Waals surface area contributed by atoms with E-state index in [1.807, 2.05) is 60.7 Å². The molecule has 0 aliphatic heterocycles. The third-order valence-corrected chi connectivity index (χ3v) is 8.06. The van der Waals surface area contributed by atoms with Crippen molar-refractivity contribution in [1.29, 1.82) is 0 Å². The summed E-state index contributed by atoms with van der Waals surface area (Å²) in [5.41, 5.74) is 0.720. The highest BCUT2D eigenvalue weighted by Gasteiger charge is 2.22. The molecule has 0 aromatic heterocycles. The summed E-state index contributed by atoms with van der Waals surface area (Å²) in [5.74, 6) is 0. The highest BCUT2D eigenvalue weighted by molar-refractivity contribution is 7.79. The average Bonchev–Trinajstić information content (AvgIpc) is 2.61. The predicted octanol–water partition coefficient (Wildman–Crippen LogP) is 2.80. The highest BCUT2D eigenvalue weighted by atomic mass is 31.2. The summed E-state index contributed by atoms with van der Waals surface area (Å²) in [6.45, 7) is 0. The largest absolute Gasteiger partial charge is 0.329 e. The van der Waals surface area contributed by atoms with Crippen LogP contribution in [0.5, 0.6) is 0 Å². The van der Waals surface area contributed by atoms with Crippen LogP contribution < -0.4 is 15.9 Å². The van der Waals surface area contributed by atoms with Crippen LogP contribution in [0.4, 0.5) is 0 Å². The molecule has 3 aromatic carbocycles. The Hall–Kier alpha value is -1.61. The average molecular weight is 450 g/mol. The van der Waals surface area contributed by atoms with Crippen molar-refractivity contribution in [3.05, 3.63) is 90.0 Å². The SMILES string of the molecule is O=P(O)(O)Cc1cc(CP(=O)(O)O)cc(P(c2ccccc2)c2ccccc2)c1. The molecule has 0 bridgehead atoms. The van der Waals surface area contributed by atoms with Gasteiger partial charge >= 0.3 is 15.2 Å². The zero-order valence-electron chi connectivity index (χ0n) is 15.4. The zero-order chi connectivity index (χ0) is 21.1. The molecule has 0 saturated carbocycles. The van der Waals surface area contributed by atoms with E-state index in [1.165, 1.54) is 6.07 Å². The van der Waals surface area contributed by atoms with Crippen molar-refractivity contribution in [3.8, 4) is 0 Å². The van der Waals surface area contributed by atoms with Gasteiger partial charge in [0.25, 0.3) is 0 Å². The van der Waals surface area contributed by atoms with E-state index in [1.54, 1.807) is 12.1 Å². The van der Waals surface area contributed by atoms with Crippen LogP contribution in [0.2, 0.25) is 0 Å². The van der Waals surface area contributed by atoms with Crippen molar-refractivity contribution in [1.82, 2.24) is 0 Å². The Morgan fingerprint density at radius 3 is 1.31 bits per heavy atom. The third-order valence-electron chi connectivity index (χ3n) is 4.10. The molecule has 0 aliphatic carbocycles. The second-order valence-corrected chi connectivity index (χ2v) is 12.2. The molecule has 29 heavy (non-hydrogen) atoms. The quantitative estimate of drug-likeness (QED) is 0.412. The van der Waals surface area contributed by atoms with Gasteiger partial charge in [-0.1, -0.05) is 66.7 Å². The second kappa shape index (κ2) is 9.04. The maximum absolute atomic E-state index is 11.6. The summed E-state index contributed by atoms with van der Waals surface area (Å²) in [4.78, 5) is 37.7. The monoisotopic (exact) mass is 450 g/mol. The molecule has 0 heterocycles. The van der Waals surface area contributed by atoms with E-state index >= 15 is 0 Å². The Kier molecular flexibility index (Phi) is 6.88. The predicted molar refractivity (Wildman–Crippen MR) is 117 cm³/mol. The molecule has 0 radical (unpaired) electrons. The fraction of sp³-hybridized carbons (Fsp3) is 0.100. The molecule has 0 saturated heterocycles. The summed E-state index contributed by atoms with van der Waals surface area (Å²) >= 11 is 0. The van der Waals surface area contributed by atoms with Gasteiger partial charge in [0.05, 0.1) is 12.3 Å². The molecule has 9 heteroatoms. The third kappa shape index (κ3) is 6.70. The van der Waals surface area contributed by atoms with E-state index in [0.717, 1.165) is 15.9 Å². The van der Waals surface area contributed by atoms with Crippen LogP contribution in [-0.2, 0) is 21.5 Å². The van der Waals surface area contributed by atoms with Gasteiger partial charge in [0.1, 0.15) is 0 Å². The lowest BCUT2D eigenvalue weighted by molar-refractivity contribution is 0.370. The normalized spacial score (nSPS) is 12.3. The van der Waals surface area contributed by atoms with Gasteiger partial charge in [-0.15, -0.1) is 0 Å². The minimum Gasteiger partial charge on any atom is -0.324 e. The van der Waals surface area contributed by atoms with Crippen LogP contribution in [0.3, 0.4) is 0 Å². The summed E-state index contributed by atoms with van der Waals surface area (Å²) in [6, 6.07) is 24.4. The van der Waals surface area contributed by atoms with Gasteiger partial charge in [0, 0.05) is 0 Å². The van der Waals surface area contributed by atoms with Crippen molar-refractivity contribution < 1.29 is 28.7 Å². The van der Waals surface area contributed by atoms with Crippen molar-refractivity contribution in [2.24, 2.45) is 0 Å². The highest BCUT2D eigenvalue weighted by Crippen LogP contribution is 2.43. The van der Waals surface area contributed by atoms with Crippen molar-refractivity contribution in [2.75, 3.05) is 0 Å². The van der Waals surface area contributed by atoms with Crippen LogP contribution >= 0.6 is 23.1 Å². The Labute approximate surface area is 170 Å². The minimum absolute atomic E-state index is 0.360. The fourth-order valence-corrected chi connectivity index (χ4v) is 6.87. The minimum atomic E-state index is -4.34. The zero-order valence-corrected chi connectivity index (χ0v) is 18.1. The summed E-state index contributed by atoms with van der Waals surface area (Å²) in [5, 5.41) is 2.85. The van der Waals surface area contributed by atoms with Gasteiger partial charge in [-0.3, -0.25) is 9.13 Å². The molecule has 0 amide bonds. The number of rotatable bonds is 7. The Morgan fingerprint density at radius 2 is 0.966 bits per heavy atom. The molecule has 152 valence electrons. The lowest BCUT2D eigenvalue weighted by Gasteiger charge is -2.21. The van der Waals surface area contributed by atoms with Crippen LogP contribution in [-0.4, -0.2) is 19.6 Å². The molecule has 3 aromatic rings. The van der Waals surface area contributed by atoms with Gasteiger partial charge in [0.15, 0.2) is 0 Å². The molecule has 0 unspecified atom stereocenters. The Balaban J connectivity index is 2.18. The smallest absolute Gasteiger partial charge is 0.324 e. The molecule has 0 fully saturated rings. The van der Waals surface area contributed by atoms with Crippen LogP contribution in [0.15, 0.2) is 78.9 Å². The lowest BCUT2D eigenvalue weighted by atomic mass is 10.2. The first-order valence-corrected chi connectivity index (χ1v) is 13.7. The van der Waals surface area contributed by atoms with E-state index in [4.69, 9.17) is 0 Å². The van der Waals surface area contributed by atoms with E-state index in [-0.39, 0.29) is 0 Å². The van der Waals surface area contributed by atoms with Crippen molar-refractivity contribution >= 4 is 39.0 Å².